The topological polar surface area (TPSA) is 69.9 Å². The summed E-state index contributed by atoms with van der Waals surface area (Å²) in [5.41, 5.74) is 2.03. The Bertz CT molecular complexity index is 1390. The molecule has 164 valence electrons. The van der Waals surface area contributed by atoms with Gasteiger partial charge in [-0.25, -0.2) is 9.79 Å². The van der Waals surface area contributed by atoms with Crippen LogP contribution in [-0.4, -0.2) is 24.3 Å². The first kappa shape index (κ1) is 22.0. The molecule has 0 amide bonds. The molecule has 1 aliphatic heterocycles. The van der Waals surface area contributed by atoms with Gasteiger partial charge in [0.25, 0.3) is 5.56 Å². The quantitative estimate of drug-likeness (QED) is 0.538. The standard InChI is InChI=1S/C24H21ClN2O4S/c1-4-31-16-11-9-15(10-12-16)13-19-22(28)27-21(17-7-5-6-8-18(17)25)20(23(29)30-3)14(2)26-24(27)32-19/h5-13,21H,4H2,1-3H3/b19-13-/t21-/m1/s1. The second-order valence-electron chi connectivity index (χ2n) is 7.10. The van der Waals surface area contributed by atoms with Crippen LogP contribution >= 0.6 is 22.9 Å². The van der Waals surface area contributed by atoms with Gasteiger partial charge >= 0.3 is 5.97 Å². The highest BCUT2D eigenvalue weighted by Gasteiger charge is 2.34. The molecule has 2 aromatic carbocycles. The number of thiazole rings is 1. The third-order valence-corrected chi connectivity index (χ3v) is 6.44. The summed E-state index contributed by atoms with van der Waals surface area (Å²) in [4.78, 5) is 31.2. The van der Waals surface area contributed by atoms with Gasteiger partial charge in [0, 0.05) is 5.02 Å². The van der Waals surface area contributed by atoms with Gasteiger partial charge in [0.05, 0.1) is 29.5 Å². The van der Waals surface area contributed by atoms with Gasteiger partial charge in [0.1, 0.15) is 11.8 Å². The number of esters is 1. The summed E-state index contributed by atoms with van der Waals surface area (Å²) in [6, 6.07) is 13.9. The summed E-state index contributed by atoms with van der Waals surface area (Å²) in [7, 11) is 1.31. The van der Waals surface area contributed by atoms with Crippen LogP contribution in [0, 0.1) is 0 Å². The summed E-state index contributed by atoms with van der Waals surface area (Å²) >= 11 is 7.75. The molecule has 0 unspecified atom stereocenters. The van der Waals surface area contributed by atoms with Gasteiger partial charge in [-0.3, -0.25) is 9.36 Å². The Kier molecular flexibility index (Phi) is 6.30. The van der Waals surface area contributed by atoms with Crippen molar-refractivity contribution in [2.45, 2.75) is 19.9 Å². The van der Waals surface area contributed by atoms with Gasteiger partial charge in [-0.1, -0.05) is 53.3 Å². The molecule has 4 rings (SSSR count). The van der Waals surface area contributed by atoms with Crippen LogP contribution in [0.5, 0.6) is 5.75 Å². The van der Waals surface area contributed by atoms with E-state index in [2.05, 4.69) is 4.99 Å². The Morgan fingerprint density at radius 1 is 1.22 bits per heavy atom. The van der Waals surface area contributed by atoms with Gasteiger partial charge in [-0.15, -0.1) is 0 Å². The largest absolute Gasteiger partial charge is 0.494 e. The fraction of sp³-hybridized carbons (Fsp3) is 0.208. The Morgan fingerprint density at radius 2 is 1.94 bits per heavy atom. The number of ether oxygens (including phenoxy) is 2. The van der Waals surface area contributed by atoms with E-state index in [-0.39, 0.29) is 5.56 Å². The number of benzene rings is 2. The molecule has 1 aliphatic rings. The summed E-state index contributed by atoms with van der Waals surface area (Å²) in [5.74, 6) is 0.222. The zero-order chi connectivity index (χ0) is 22.8. The minimum atomic E-state index is -0.727. The first-order valence-electron chi connectivity index (χ1n) is 10.0. The van der Waals surface area contributed by atoms with Gasteiger partial charge < -0.3 is 9.47 Å². The number of fused-ring (bicyclic) bond motifs is 1. The number of nitrogens with zero attached hydrogens (tertiary/aromatic N) is 2. The number of aromatic nitrogens is 1. The fourth-order valence-electron chi connectivity index (χ4n) is 3.66. The van der Waals surface area contributed by atoms with E-state index in [9.17, 15) is 9.59 Å². The first-order chi connectivity index (χ1) is 15.4. The Hall–Kier alpha value is -3.16. The van der Waals surface area contributed by atoms with E-state index < -0.39 is 12.0 Å². The number of carbonyl (C=O) groups is 1. The Labute approximate surface area is 193 Å². The lowest BCUT2D eigenvalue weighted by Crippen LogP contribution is -2.39. The molecule has 0 radical (unpaired) electrons. The molecule has 2 heterocycles. The van der Waals surface area contributed by atoms with Gasteiger partial charge in [0.15, 0.2) is 4.80 Å². The maximum absolute atomic E-state index is 13.5. The number of methoxy groups -OCH3 is 1. The molecule has 3 aromatic rings. The number of carbonyl (C=O) groups excluding carboxylic acids is 1. The Morgan fingerprint density at radius 3 is 2.59 bits per heavy atom. The lowest BCUT2D eigenvalue weighted by atomic mass is 9.96. The smallest absolute Gasteiger partial charge is 0.338 e. The number of hydrogen-bond acceptors (Lipinski definition) is 6. The number of allylic oxidation sites excluding steroid dienone is 1. The third kappa shape index (κ3) is 4.01. The molecule has 0 N–H and O–H groups in total. The monoisotopic (exact) mass is 468 g/mol. The van der Waals surface area contributed by atoms with Gasteiger partial charge in [0.2, 0.25) is 0 Å². The van der Waals surface area contributed by atoms with Crippen LogP contribution in [0.15, 0.2) is 69.6 Å². The number of halogens is 1. The van der Waals surface area contributed by atoms with Crippen molar-refractivity contribution in [1.29, 1.82) is 0 Å². The van der Waals surface area contributed by atoms with Crippen molar-refractivity contribution < 1.29 is 14.3 Å². The maximum Gasteiger partial charge on any atom is 0.338 e. The van der Waals surface area contributed by atoms with E-state index >= 15 is 0 Å². The van der Waals surface area contributed by atoms with E-state index in [0.29, 0.717) is 37.8 Å². The molecule has 6 nitrogen and oxygen atoms in total. The summed E-state index contributed by atoms with van der Waals surface area (Å²) in [5, 5.41) is 0.453. The van der Waals surface area contributed by atoms with Crippen molar-refractivity contribution in [1.82, 2.24) is 4.57 Å². The molecule has 8 heteroatoms. The van der Waals surface area contributed by atoms with Gasteiger partial charge in [-0.05, 0) is 49.2 Å². The van der Waals surface area contributed by atoms with Crippen LogP contribution in [0.4, 0.5) is 0 Å². The summed E-state index contributed by atoms with van der Waals surface area (Å²) in [6.45, 7) is 4.25. The highest BCUT2D eigenvalue weighted by molar-refractivity contribution is 7.07. The van der Waals surface area contributed by atoms with Crippen molar-refractivity contribution in [2.24, 2.45) is 4.99 Å². The van der Waals surface area contributed by atoms with Crippen molar-refractivity contribution in [3.63, 3.8) is 0 Å². The molecule has 0 aliphatic carbocycles. The predicted octanol–water partition coefficient (Wildman–Crippen LogP) is 3.46. The van der Waals surface area contributed by atoms with E-state index in [1.165, 1.54) is 23.0 Å². The van der Waals surface area contributed by atoms with Crippen LogP contribution in [0.1, 0.15) is 31.0 Å². The molecule has 1 atom stereocenters. The molecule has 32 heavy (non-hydrogen) atoms. The highest BCUT2D eigenvalue weighted by Crippen LogP contribution is 2.34. The molecule has 1 aromatic heterocycles. The lowest BCUT2D eigenvalue weighted by Gasteiger charge is -2.25. The van der Waals surface area contributed by atoms with Crippen molar-refractivity contribution in [3.8, 4) is 5.75 Å². The second-order valence-corrected chi connectivity index (χ2v) is 8.51. The van der Waals surface area contributed by atoms with Crippen LogP contribution < -0.4 is 19.6 Å². The van der Waals surface area contributed by atoms with Crippen molar-refractivity contribution >= 4 is 35.0 Å². The summed E-state index contributed by atoms with van der Waals surface area (Å²) in [6.07, 6.45) is 1.81. The van der Waals surface area contributed by atoms with Crippen LogP contribution in [0.3, 0.4) is 0 Å². The molecule has 0 saturated heterocycles. The normalized spacial score (nSPS) is 15.9. The maximum atomic E-state index is 13.5. The van der Waals surface area contributed by atoms with Gasteiger partial charge in [-0.2, -0.15) is 0 Å². The average molecular weight is 469 g/mol. The second kappa shape index (κ2) is 9.14. The van der Waals surface area contributed by atoms with Crippen LogP contribution in [0.2, 0.25) is 5.02 Å². The lowest BCUT2D eigenvalue weighted by molar-refractivity contribution is -0.136. The molecule has 0 spiro atoms. The highest BCUT2D eigenvalue weighted by atomic mass is 35.5. The molecular formula is C24H21ClN2O4S. The van der Waals surface area contributed by atoms with Crippen molar-refractivity contribution in [3.05, 3.63) is 95.6 Å². The van der Waals surface area contributed by atoms with Crippen molar-refractivity contribution in [2.75, 3.05) is 13.7 Å². The Balaban J connectivity index is 1.91. The SMILES string of the molecule is CCOc1ccc(/C=c2\sc3n(c2=O)[C@H](c2ccccc2Cl)C(C(=O)OC)=C(C)N=3)cc1. The summed E-state index contributed by atoms with van der Waals surface area (Å²) < 4.78 is 12.5. The minimum Gasteiger partial charge on any atom is -0.494 e. The van der Waals surface area contributed by atoms with E-state index in [4.69, 9.17) is 21.1 Å². The molecule has 0 saturated carbocycles. The molecule has 0 fully saturated rings. The van der Waals surface area contributed by atoms with E-state index in [1.807, 2.05) is 37.3 Å². The average Bonchev–Trinajstić information content (AvgIpc) is 3.09. The van der Waals surface area contributed by atoms with Crippen LogP contribution in [0.25, 0.3) is 6.08 Å². The molecular weight excluding hydrogens is 448 g/mol. The third-order valence-electron chi connectivity index (χ3n) is 5.12. The zero-order valence-electron chi connectivity index (χ0n) is 17.8. The molecule has 0 bridgehead atoms. The number of hydrogen-bond donors (Lipinski definition) is 0. The zero-order valence-corrected chi connectivity index (χ0v) is 19.4. The minimum absolute atomic E-state index is 0.249. The first-order valence-corrected chi connectivity index (χ1v) is 11.2. The predicted molar refractivity (Wildman–Crippen MR) is 125 cm³/mol. The number of rotatable bonds is 5. The van der Waals surface area contributed by atoms with E-state index in [1.54, 1.807) is 31.2 Å². The fourth-order valence-corrected chi connectivity index (χ4v) is 4.95. The van der Waals surface area contributed by atoms with Crippen LogP contribution in [-0.2, 0) is 9.53 Å². The van der Waals surface area contributed by atoms with E-state index in [0.717, 1.165) is 11.3 Å².